The van der Waals surface area contributed by atoms with Gasteiger partial charge in [-0.05, 0) is 48.4 Å². The Labute approximate surface area is 193 Å². The molecule has 0 aliphatic carbocycles. The number of piperazine rings is 1. The molecule has 1 unspecified atom stereocenters. The maximum absolute atomic E-state index is 13.9. The quantitative estimate of drug-likeness (QED) is 0.638. The van der Waals surface area contributed by atoms with Gasteiger partial charge in [0, 0.05) is 41.6 Å². The highest BCUT2D eigenvalue weighted by atomic mass is 35.5. The number of amides is 2. The van der Waals surface area contributed by atoms with Crippen molar-refractivity contribution in [3.63, 3.8) is 0 Å². The van der Waals surface area contributed by atoms with E-state index in [-0.39, 0.29) is 29.0 Å². The van der Waals surface area contributed by atoms with Crippen molar-refractivity contribution in [3.05, 3.63) is 40.3 Å². The molecule has 3 rings (SSSR count). The van der Waals surface area contributed by atoms with Gasteiger partial charge in [0.25, 0.3) is 0 Å². The minimum absolute atomic E-state index is 0.0174. The molecule has 0 bridgehead atoms. The van der Waals surface area contributed by atoms with Crippen LogP contribution in [0.25, 0.3) is 0 Å². The SMILES string of the molecule is Cc1cc(Cl)ccc1N(C(=O)CCl)[C@@H](C(=O)N1CCN[C@@H](C(C)C)C1)C1CC=CS1. The minimum atomic E-state index is -0.623. The highest BCUT2D eigenvalue weighted by Crippen LogP contribution is 2.35. The summed E-state index contributed by atoms with van der Waals surface area (Å²) in [7, 11) is 0. The number of benzene rings is 1. The second-order valence-corrected chi connectivity index (χ2v) is 10.00. The number of nitrogens with one attached hydrogen (secondary N) is 1. The van der Waals surface area contributed by atoms with E-state index < -0.39 is 6.04 Å². The van der Waals surface area contributed by atoms with Gasteiger partial charge in [0.15, 0.2) is 0 Å². The van der Waals surface area contributed by atoms with Crippen LogP contribution < -0.4 is 10.2 Å². The highest BCUT2D eigenvalue weighted by Gasteiger charge is 2.41. The van der Waals surface area contributed by atoms with Gasteiger partial charge in [-0.25, -0.2) is 0 Å². The molecule has 0 spiro atoms. The number of hydrogen-bond acceptors (Lipinski definition) is 4. The van der Waals surface area contributed by atoms with E-state index in [2.05, 4.69) is 25.2 Å². The molecule has 8 heteroatoms. The standard InChI is InChI=1S/C22H29Cl2N3O2S/c1-14(2)17-13-26(9-8-25-17)22(29)21(19-5-4-10-30-19)27(20(28)12-23)18-7-6-16(24)11-15(18)3/h4,6-7,10-11,14,17,19,21,25H,5,8-9,12-13H2,1-3H3/t17-,19?,21-/m1/s1. The summed E-state index contributed by atoms with van der Waals surface area (Å²) >= 11 is 13.8. The van der Waals surface area contributed by atoms with E-state index >= 15 is 0 Å². The summed E-state index contributed by atoms with van der Waals surface area (Å²) in [5.41, 5.74) is 1.53. The molecular formula is C22H29Cl2N3O2S. The molecule has 1 aromatic carbocycles. The topological polar surface area (TPSA) is 52.7 Å². The normalized spacial score (nSPS) is 22.4. The lowest BCUT2D eigenvalue weighted by molar-refractivity contribution is -0.135. The average molecular weight is 470 g/mol. The molecule has 30 heavy (non-hydrogen) atoms. The van der Waals surface area contributed by atoms with Crippen LogP contribution in [0, 0.1) is 12.8 Å². The molecule has 1 aromatic rings. The third kappa shape index (κ3) is 5.16. The van der Waals surface area contributed by atoms with Gasteiger partial charge in [-0.2, -0.15) is 0 Å². The Bertz CT molecular complexity index is 810. The fraction of sp³-hybridized carbons (Fsp3) is 0.545. The Morgan fingerprint density at radius 3 is 2.73 bits per heavy atom. The summed E-state index contributed by atoms with van der Waals surface area (Å²) in [6, 6.07) is 4.99. The maximum Gasteiger partial charge on any atom is 0.247 e. The van der Waals surface area contributed by atoms with Crippen LogP contribution in [0.2, 0.25) is 5.02 Å². The predicted molar refractivity (Wildman–Crippen MR) is 127 cm³/mol. The van der Waals surface area contributed by atoms with Crippen molar-refractivity contribution in [3.8, 4) is 0 Å². The van der Waals surface area contributed by atoms with Crippen molar-refractivity contribution in [1.82, 2.24) is 10.2 Å². The van der Waals surface area contributed by atoms with Crippen molar-refractivity contribution in [2.45, 2.75) is 44.5 Å². The average Bonchev–Trinajstić information content (AvgIpc) is 3.26. The van der Waals surface area contributed by atoms with Crippen LogP contribution in [-0.4, -0.2) is 59.6 Å². The number of nitrogens with zero attached hydrogens (tertiary/aromatic N) is 2. The second-order valence-electron chi connectivity index (χ2n) is 8.14. The van der Waals surface area contributed by atoms with Gasteiger partial charge in [0.1, 0.15) is 11.9 Å². The predicted octanol–water partition coefficient (Wildman–Crippen LogP) is 4.06. The molecule has 2 heterocycles. The molecule has 1 fully saturated rings. The number of carbonyl (C=O) groups excluding carboxylic acids is 2. The first-order valence-electron chi connectivity index (χ1n) is 10.3. The largest absolute Gasteiger partial charge is 0.338 e. The second kappa shape index (κ2) is 10.4. The number of thioether (sulfide) groups is 1. The van der Waals surface area contributed by atoms with Crippen LogP contribution in [0.4, 0.5) is 5.69 Å². The van der Waals surface area contributed by atoms with Crippen molar-refractivity contribution in [2.75, 3.05) is 30.4 Å². The monoisotopic (exact) mass is 469 g/mol. The van der Waals surface area contributed by atoms with Crippen LogP contribution in [0.15, 0.2) is 29.7 Å². The molecule has 3 atom stereocenters. The van der Waals surface area contributed by atoms with Crippen LogP contribution >= 0.6 is 35.0 Å². The zero-order valence-electron chi connectivity index (χ0n) is 17.6. The molecule has 5 nitrogen and oxygen atoms in total. The van der Waals surface area contributed by atoms with Gasteiger partial charge in [0.05, 0.1) is 0 Å². The zero-order valence-corrected chi connectivity index (χ0v) is 19.9. The lowest BCUT2D eigenvalue weighted by Crippen LogP contribution is -2.61. The third-order valence-electron chi connectivity index (χ3n) is 5.72. The maximum atomic E-state index is 13.9. The molecule has 0 aromatic heterocycles. The van der Waals surface area contributed by atoms with Gasteiger partial charge in [0.2, 0.25) is 11.8 Å². The molecule has 1 N–H and O–H groups in total. The van der Waals surface area contributed by atoms with Crippen molar-refractivity contribution in [2.24, 2.45) is 5.92 Å². The van der Waals surface area contributed by atoms with E-state index in [0.717, 1.165) is 18.5 Å². The van der Waals surface area contributed by atoms with Gasteiger partial charge in [-0.1, -0.05) is 31.5 Å². The summed E-state index contributed by atoms with van der Waals surface area (Å²) in [5.74, 6) is -0.0624. The summed E-state index contributed by atoms with van der Waals surface area (Å²) in [6.07, 6.45) is 2.79. The third-order valence-corrected chi connectivity index (χ3v) is 7.34. The van der Waals surface area contributed by atoms with E-state index in [1.807, 2.05) is 29.4 Å². The molecule has 0 saturated carbocycles. The molecule has 1 saturated heterocycles. The van der Waals surface area contributed by atoms with Gasteiger partial charge >= 0.3 is 0 Å². The Kier molecular flexibility index (Phi) is 8.13. The van der Waals surface area contributed by atoms with E-state index in [9.17, 15) is 9.59 Å². The number of rotatable bonds is 6. The molecule has 2 aliphatic heterocycles. The Morgan fingerprint density at radius 2 is 2.13 bits per heavy atom. The lowest BCUT2D eigenvalue weighted by atomic mass is 9.99. The number of alkyl halides is 1. The smallest absolute Gasteiger partial charge is 0.247 e. The lowest BCUT2D eigenvalue weighted by Gasteiger charge is -2.41. The fourth-order valence-corrected chi connectivity index (χ4v) is 5.43. The van der Waals surface area contributed by atoms with Crippen LogP contribution in [0.3, 0.4) is 0 Å². The van der Waals surface area contributed by atoms with Crippen LogP contribution in [0.5, 0.6) is 0 Å². The summed E-state index contributed by atoms with van der Waals surface area (Å²) in [4.78, 5) is 30.4. The van der Waals surface area contributed by atoms with E-state index in [0.29, 0.717) is 29.7 Å². The van der Waals surface area contributed by atoms with Gasteiger partial charge < -0.3 is 10.2 Å². The number of anilines is 1. The van der Waals surface area contributed by atoms with E-state index in [4.69, 9.17) is 23.2 Å². The number of aryl methyl sites for hydroxylation is 1. The first-order chi connectivity index (χ1) is 14.3. The van der Waals surface area contributed by atoms with Crippen molar-refractivity contribution in [1.29, 1.82) is 0 Å². The minimum Gasteiger partial charge on any atom is -0.338 e. The van der Waals surface area contributed by atoms with Crippen molar-refractivity contribution < 1.29 is 9.59 Å². The summed E-state index contributed by atoms with van der Waals surface area (Å²) in [5, 5.41) is 6.05. The summed E-state index contributed by atoms with van der Waals surface area (Å²) in [6.45, 7) is 8.23. The Hall–Kier alpha value is -1.21. The van der Waals surface area contributed by atoms with Gasteiger partial charge in [-0.3, -0.25) is 14.5 Å². The van der Waals surface area contributed by atoms with Gasteiger partial charge in [-0.15, -0.1) is 23.4 Å². The first-order valence-corrected chi connectivity index (χ1v) is 12.2. The molecule has 164 valence electrons. The first kappa shape index (κ1) is 23.5. The molecule has 2 aliphatic rings. The Morgan fingerprint density at radius 1 is 1.37 bits per heavy atom. The number of carbonyl (C=O) groups is 2. The fourth-order valence-electron chi connectivity index (χ4n) is 4.05. The zero-order chi connectivity index (χ0) is 21.8. The van der Waals surface area contributed by atoms with E-state index in [1.54, 1.807) is 22.7 Å². The Balaban J connectivity index is 1.99. The van der Waals surface area contributed by atoms with Crippen LogP contribution in [0.1, 0.15) is 25.8 Å². The molecular weight excluding hydrogens is 441 g/mol. The summed E-state index contributed by atoms with van der Waals surface area (Å²) < 4.78 is 0. The molecule has 0 radical (unpaired) electrons. The highest BCUT2D eigenvalue weighted by molar-refractivity contribution is 8.03. The van der Waals surface area contributed by atoms with Crippen molar-refractivity contribution >= 4 is 52.5 Å². The number of allylic oxidation sites excluding steroid dienone is 1. The van der Waals surface area contributed by atoms with Crippen LogP contribution in [-0.2, 0) is 9.59 Å². The number of halogens is 2. The van der Waals surface area contributed by atoms with E-state index in [1.165, 1.54) is 0 Å². The molecule has 2 amide bonds. The number of hydrogen-bond donors (Lipinski definition) is 1.